The van der Waals surface area contributed by atoms with Gasteiger partial charge in [-0.25, -0.2) is 0 Å². The Labute approximate surface area is 216 Å². The molecule has 0 bridgehead atoms. The van der Waals surface area contributed by atoms with Crippen LogP contribution in [0.5, 0.6) is 0 Å². The van der Waals surface area contributed by atoms with Crippen molar-refractivity contribution in [2.24, 2.45) is 0 Å². The number of ether oxygens (including phenoxy) is 3. The minimum absolute atomic E-state index is 0.392. The molecule has 2 unspecified atom stereocenters. The van der Waals surface area contributed by atoms with Gasteiger partial charge in [-0.15, -0.1) is 0 Å². The van der Waals surface area contributed by atoms with Crippen molar-refractivity contribution in [1.29, 1.82) is 0 Å². The third-order valence-electron chi connectivity index (χ3n) is 5.71. The fourth-order valence-electron chi connectivity index (χ4n) is 3.69. The highest BCUT2D eigenvalue weighted by atomic mass is 16.8. The first-order chi connectivity index (χ1) is 17.3. The molecular formula is C30H54O5. The minimum atomic E-state index is -0.392. The molecule has 0 saturated heterocycles. The summed E-state index contributed by atoms with van der Waals surface area (Å²) in [7, 11) is 0. The van der Waals surface area contributed by atoms with Gasteiger partial charge in [-0.1, -0.05) is 77.4 Å². The van der Waals surface area contributed by atoms with E-state index < -0.39 is 12.6 Å². The number of rotatable bonds is 28. The average molecular weight is 495 g/mol. The lowest BCUT2D eigenvalue weighted by Gasteiger charge is -2.21. The zero-order valence-corrected chi connectivity index (χ0v) is 22.8. The molecule has 0 aromatic heterocycles. The topological polar surface area (TPSA) is 61.8 Å². The van der Waals surface area contributed by atoms with Gasteiger partial charge < -0.3 is 23.8 Å². The van der Waals surface area contributed by atoms with Crippen LogP contribution >= 0.6 is 0 Å². The number of hydrogen-bond donors (Lipinski definition) is 0. The van der Waals surface area contributed by atoms with Crippen LogP contribution in [0.15, 0.2) is 24.3 Å². The molecule has 0 N–H and O–H groups in total. The third-order valence-corrected chi connectivity index (χ3v) is 5.71. The van der Waals surface area contributed by atoms with E-state index in [9.17, 15) is 9.59 Å². The summed E-state index contributed by atoms with van der Waals surface area (Å²) in [6.07, 6.45) is 29.0. The van der Waals surface area contributed by atoms with Crippen molar-refractivity contribution < 1.29 is 23.8 Å². The Morgan fingerprint density at radius 1 is 0.514 bits per heavy atom. The number of aldehydes is 2. The lowest BCUT2D eigenvalue weighted by molar-refractivity contribution is -0.207. The fourth-order valence-corrected chi connectivity index (χ4v) is 3.69. The first-order valence-corrected chi connectivity index (χ1v) is 14.4. The number of allylic oxidation sites excluding steroid dienone is 2. The van der Waals surface area contributed by atoms with E-state index in [1.54, 1.807) is 0 Å². The summed E-state index contributed by atoms with van der Waals surface area (Å²) in [4.78, 5) is 20.7. The van der Waals surface area contributed by atoms with Gasteiger partial charge in [0.15, 0.2) is 12.6 Å². The van der Waals surface area contributed by atoms with Crippen LogP contribution in [0.3, 0.4) is 0 Å². The van der Waals surface area contributed by atoms with Gasteiger partial charge in [0.1, 0.15) is 12.6 Å². The van der Waals surface area contributed by atoms with Gasteiger partial charge in [-0.05, 0) is 63.5 Å². The van der Waals surface area contributed by atoms with Gasteiger partial charge in [-0.3, -0.25) is 0 Å². The number of unbranched alkanes of at least 4 members (excludes halogenated alkanes) is 14. The van der Waals surface area contributed by atoms with Crippen LogP contribution in [-0.4, -0.2) is 38.4 Å². The van der Waals surface area contributed by atoms with Gasteiger partial charge in [0.05, 0.1) is 0 Å². The standard InChI is InChI=1S/C30H54O5/c1-3-27-33-29(23-19-15-11-7-5-9-13-17-21-25-31)35-30(34-28-4-2)24-20-16-12-8-6-10-14-18-22-26-32/h19-20,23-26,29-30H,3-18,21-22,27-28H2,1-2H3. The van der Waals surface area contributed by atoms with E-state index in [4.69, 9.17) is 14.2 Å². The second-order valence-electron chi connectivity index (χ2n) is 9.20. The average Bonchev–Trinajstić information content (AvgIpc) is 2.87. The second kappa shape index (κ2) is 28.9. The number of hydrogen-bond acceptors (Lipinski definition) is 5. The van der Waals surface area contributed by atoms with Crippen LogP contribution in [0.25, 0.3) is 0 Å². The van der Waals surface area contributed by atoms with Crippen LogP contribution in [-0.2, 0) is 23.8 Å². The molecule has 0 rings (SSSR count). The van der Waals surface area contributed by atoms with E-state index >= 15 is 0 Å². The number of carbonyl (C=O) groups excluding carboxylic acids is 2. The number of carbonyl (C=O) groups is 2. The second-order valence-corrected chi connectivity index (χ2v) is 9.20. The van der Waals surface area contributed by atoms with Gasteiger partial charge in [0.25, 0.3) is 0 Å². The summed E-state index contributed by atoms with van der Waals surface area (Å²) >= 11 is 0. The van der Waals surface area contributed by atoms with Crippen molar-refractivity contribution in [1.82, 2.24) is 0 Å². The zero-order chi connectivity index (χ0) is 25.7. The van der Waals surface area contributed by atoms with Gasteiger partial charge >= 0.3 is 0 Å². The molecular weight excluding hydrogens is 440 g/mol. The van der Waals surface area contributed by atoms with Crippen molar-refractivity contribution in [3.63, 3.8) is 0 Å². The van der Waals surface area contributed by atoms with E-state index in [0.29, 0.717) is 26.1 Å². The van der Waals surface area contributed by atoms with E-state index in [0.717, 1.165) is 76.8 Å². The molecule has 0 fully saturated rings. The Kier molecular flexibility index (Phi) is 27.9. The predicted octanol–water partition coefficient (Wildman–Crippen LogP) is 8.26. The highest BCUT2D eigenvalue weighted by Crippen LogP contribution is 2.13. The third kappa shape index (κ3) is 25.6. The van der Waals surface area contributed by atoms with E-state index in [2.05, 4.69) is 26.0 Å². The molecule has 0 saturated carbocycles. The molecule has 0 aliphatic heterocycles. The van der Waals surface area contributed by atoms with Crippen LogP contribution in [0.4, 0.5) is 0 Å². The van der Waals surface area contributed by atoms with Crippen molar-refractivity contribution in [3.8, 4) is 0 Å². The Bertz CT molecular complexity index is 459. The maximum Gasteiger partial charge on any atom is 0.180 e. The molecule has 5 nitrogen and oxygen atoms in total. The van der Waals surface area contributed by atoms with Gasteiger partial charge in [0.2, 0.25) is 0 Å². The predicted molar refractivity (Wildman–Crippen MR) is 145 cm³/mol. The van der Waals surface area contributed by atoms with E-state index in [1.165, 1.54) is 38.5 Å². The Balaban J connectivity index is 4.31. The summed E-state index contributed by atoms with van der Waals surface area (Å²) in [5.74, 6) is 0. The van der Waals surface area contributed by atoms with Crippen molar-refractivity contribution in [2.45, 2.75) is 142 Å². The molecule has 0 amide bonds. The highest BCUT2D eigenvalue weighted by Gasteiger charge is 2.13. The van der Waals surface area contributed by atoms with Gasteiger partial charge in [-0.2, -0.15) is 0 Å². The largest absolute Gasteiger partial charge is 0.349 e. The molecule has 0 radical (unpaired) electrons. The summed E-state index contributed by atoms with van der Waals surface area (Å²) < 4.78 is 18.0. The summed E-state index contributed by atoms with van der Waals surface area (Å²) in [5.41, 5.74) is 0. The van der Waals surface area contributed by atoms with E-state index in [-0.39, 0.29) is 0 Å². The molecule has 0 aliphatic rings. The normalized spacial score (nSPS) is 13.5. The van der Waals surface area contributed by atoms with Crippen LogP contribution < -0.4 is 0 Å². The monoisotopic (exact) mass is 494 g/mol. The molecule has 2 atom stereocenters. The molecule has 5 heteroatoms. The Hall–Kier alpha value is -1.30. The molecule has 35 heavy (non-hydrogen) atoms. The lowest BCUT2D eigenvalue weighted by atomic mass is 10.1. The molecule has 0 heterocycles. The van der Waals surface area contributed by atoms with Crippen molar-refractivity contribution >= 4 is 12.6 Å². The Morgan fingerprint density at radius 3 is 1.20 bits per heavy atom. The van der Waals surface area contributed by atoms with Gasteiger partial charge in [0, 0.05) is 26.1 Å². The summed E-state index contributed by atoms with van der Waals surface area (Å²) in [6.45, 7) is 5.52. The first-order valence-electron chi connectivity index (χ1n) is 14.4. The molecule has 0 spiro atoms. The fraction of sp³-hybridized carbons (Fsp3) is 0.800. The maximum atomic E-state index is 10.3. The quantitative estimate of drug-likeness (QED) is 0.0474. The highest BCUT2D eigenvalue weighted by molar-refractivity contribution is 5.49. The van der Waals surface area contributed by atoms with Crippen LogP contribution in [0, 0.1) is 0 Å². The van der Waals surface area contributed by atoms with Crippen molar-refractivity contribution in [3.05, 3.63) is 24.3 Å². The molecule has 204 valence electrons. The Morgan fingerprint density at radius 2 is 0.857 bits per heavy atom. The molecule has 0 aromatic rings. The minimum Gasteiger partial charge on any atom is -0.349 e. The maximum absolute atomic E-state index is 10.3. The van der Waals surface area contributed by atoms with Crippen LogP contribution in [0.1, 0.15) is 129 Å². The summed E-state index contributed by atoms with van der Waals surface area (Å²) in [6, 6.07) is 0. The van der Waals surface area contributed by atoms with Crippen LogP contribution in [0.2, 0.25) is 0 Å². The zero-order valence-electron chi connectivity index (χ0n) is 22.8. The smallest absolute Gasteiger partial charge is 0.180 e. The SMILES string of the molecule is CCCOC(C=CCCCCCCCCC=O)OC(C=CCCCCCCCCC=O)OCCC. The molecule has 0 aliphatic carbocycles. The first kappa shape index (κ1) is 33.7. The van der Waals surface area contributed by atoms with Crippen molar-refractivity contribution in [2.75, 3.05) is 13.2 Å². The lowest BCUT2D eigenvalue weighted by Crippen LogP contribution is -2.25. The van der Waals surface area contributed by atoms with E-state index in [1.807, 2.05) is 12.2 Å². The molecule has 0 aromatic carbocycles. The summed E-state index contributed by atoms with van der Waals surface area (Å²) in [5, 5.41) is 0.